The van der Waals surface area contributed by atoms with Crippen LogP contribution in [0.25, 0.3) is 0 Å². The summed E-state index contributed by atoms with van der Waals surface area (Å²) in [5.41, 5.74) is 0.656. The van der Waals surface area contributed by atoms with Crippen molar-refractivity contribution in [3.8, 4) is 0 Å². The molecule has 0 aliphatic rings. The zero-order chi connectivity index (χ0) is 13.0. The number of amides is 1. The summed E-state index contributed by atoms with van der Waals surface area (Å²) in [5, 5.41) is 5.92. The minimum Gasteiger partial charge on any atom is -0.351 e. The molecule has 18 heavy (non-hydrogen) atoms. The Morgan fingerprint density at radius 1 is 1.50 bits per heavy atom. The summed E-state index contributed by atoms with van der Waals surface area (Å²) in [7, 11) is 0. The summed E-state index contributed by atoms with van der Waals surface area (Å²) in [5.74, 6) is 0.169. The molecular formula is C13H13BrN2OS. The fourth-order valence-electron chi connectivity index (χ4n) is 1.55. The van der Waals surface area contributed by atoms with E-state index in [1.165, 1.54) is 0 Å². The quantitative estimate of drug-likeness (QED) is 0.936. The number of rotatable bonds is 4. The molecule has 1 unspecified atom stereocenters. The molecule has 0 fully saturated rings. The maximum atomic E-state index is 12.0. The van der Waals surface area contributed by atoms with Gasteiger partial charge in [-0.2, -0.15) is 0 Å². The van der Waals surface area contributed by atoms with Crippen LogP contribution in [0, 0.1) is 0 Å². The molecule has 1 atom stereocenters. The maximum absolute atomic E-state index is 12.0. The van der Waals surface area contributed by atoms with Crippen molar-refractivity contribution >= 4 is 33.2 Å². The van der Waals surface area contributed by atoms with Crippen LogP contribution in [0.3, 0.4) is 0 Å². The molecule has 0 spiro atoms. The maximum Gasteiger partial charge on any atom is 0.252 e. The van der Waals surface area contributed by atoms with Crippen molar-refractivity contribution in [2.45, 2.75) is 12.8 Å². The van der Waals surface area contributed by atoms with Gasteiger partial charge in [-0.05, 0) is 28.1 Å². The number of carbonyl (C=O) groups is 1. The Morgan fingerprint density at radius 2 is 2.28 bits per heavy atom. The van der Waals surface area contributed by atoms with Gasteiger partial charge >= 0.3 is 0 Å². The first kappa shape index (κ1) is 13.2. The minimum atomic E-state index is -0.0640. The van der Waals surface area contributed by atoms with Crippen molar-refractivity contribution in [2.24, 2.45) is 0 Å². The summed E-state index contributed by atoms with van der Waals surface area (Å²) in [6.07, 6.45) is 1.78. The second-order valence-electron chi connectivity index (χ2n) is 3.96. The highest BCUT2D eigenvalue weighted by Crippen LogP contribution is 2.18. The third kappa shape index (κ3) is 3.17. The fourth-order valence-corrected chi connectivity index (χ4v) is 2.71. The van der Waals surface area contributed by atoms with Crippen molar-refractivity contribution in [2.75, 3.05) is 6.54 Å². The van der Waals surface area contributed by atoms with E-state index in [1.807, 2.05) is 23.6 Å². The lowest BCUT2D eigenvalue weighted by molar-refractivity contribution is 0.0951. The first-order chi connectivity index (χ1) is 8.68. The van der Waals surface area contributed by atoms with Crippen molar-refractivity contribution in [3.63, 3.8) is 0 Å². The second kappa shape index (κ2) is 6.11. The summed E-state index contributed by atoms with van der Waals surface area (Å²) in [6.45, 7) is 2.65. The van der Waals surface area contributed by atoms with E-state index < -0.39 is 0 Å². The van der Waals surface area contributed by atoms with Gasteiger partial charge in [0.25, 0.3) is 5.91 Å². The lowest BCUT2D eigenvalue weighted by atomic mass is 10.1. The zero-order valence-electron chi connectivity index (χ0n) is 9.89. The molecule has 0 aliphatic carbocycles. The third-order valence-electron chi connectivity index (χ3n) is 2.56. The van der Waals surface area contributed by atoms with Gasteiger partial charge in [0, 0.05) is 28.5 Å². The number of halogens is 1. The summed E-state index contributed by atoms with van der Waals surface area (Å²) in [4.78, 5) is 16.2. The van der Waals surface area contributed by atoms with Crippen LogP contribution in [-0.4, -0.2) is 17.4 Å². The van der Waals surface area contributed by atoms with E-state index in [0.717, 1.165) is 9.48 Å². The van der Waals surface area contributed by atoms with E-state index in [4.69, 9.17) is 0 Å². The Kier molecular flexibility index (Phi) is 4.49. The van der Waals surface area contributed by atoms with Crippen molar-refractivity contribution in [1.29, 1.82) is 0 Å². The topological polar surface area (TPSA) is 42.0 Å². The molecule has 2 rings (SSSR count). The van der Waals surface area contributed by atoms with Crippen LogP contribution in [0.15, 0.2) is 40.3 Å². The molecule has 0 bridgehead atoms. The van der Waals surface area contributed by atoms with Crippen molar-refractivity contribution in [3.05, 3.63) is 50.9 Å². The Labute approximate surface area is 118 Å². The van der Waals surface area contributed by atoms with Crippen LogP contribution in [0.1, 0.15) is 28.2 Å². The molecular weight excluding hydrogens is 312 g/mol. The van der Waals surface area contributed by atoms with E-state index >= 15 is 0 Å². The molecule has 1 aromatic heterocycles. The van der Waals surface area contributed by atoms with Crippen LogP contribution in [0.5, 0.6) is 0 Å². The molecule has 0 saturated heterocycles. The van der Waals surface area contributed by atoms with Gasteiger partial charge in [0.05, 0.1) is 10.6 Å². The van der Waals surface area contributed by atoms with Gasteiger partial charge in [-0.15, -0.1) is 11.3 Å². The minimum absolute atomic E-state index is 0.0640. The molecule has 94 valence electrons. The predicted octanol–water partition coefficient (Wildman–Crippen LogP) is 3.44. The average Bonchev–Trinajstić information content (AvgIpc) is 2.90. The van der Waals surface area contributed by atoms with E-state index in [-0.39, 0.29) is 11.8 Å². The number of nitrogens with zero attached hydrogens (tertiary/aromatic N) is 1. The highest BCUT2D eigenvalue weighted by Gasteiger charge is 2.12. The Bertz CT molecular complexity index is 528. The smallest absolute Gasteiger partial charge is 0.252 e. The first-order valence-electron chi connectivity index (χ1n) is 5.60. The highest BCUT2D eigenvalue weighted by molar-refractivity contribution is 9.10. The molecule has 1 aromatic carbocycles. The molecule has 1 N–H and O–H groups in total. The van der Waals surface area contributed by atoms with Crippen LogP contribution in [0.4, 0.5) is 0 Å². The number of carbonyl (C=O) groups excluding carboxylic acids is 1. The van der Waals surface area contributed by atoms with E-state index in [0.29, 0.717) is 12.1 Å². The summed E-state index contributed by atoms with van der Waals surface area (Å²) >= 11 is 4.98. The highest BCUT2D eigenvalue weighted by atomic mass is 79.9. The largest absolute Gasteiger partial charge is 0.351 e. The Balaban J connectivity index is 1.95. The first-order valence-corrected chi connectivity index (χ1v) is 7.28. The van der Waals surface area contributed by atoms with Crippen LogP contribution in [-0.2, 0) is 0 Å². The summed E-state index contributed by atoms with van der Waals surface area (Å²) in [6, 6.07) is 7.40. The third-order valence-corrected chi connectivity index (χ3v) is 4.26. The van der Waals surface area contributed by atoms with Crippen molar-refractivity contribution in [1.82, 2.24) is 10.3 Å². The monoisotopic (exact) mass is 324 g/mol. The SMILES string of the molecule is CC(CNC(=O)c1ccccc1Br)c1nccs1. The normalized spacial score (nSPS) is 12.1. The van der Waals surface area contributed by atoms with Gasteiger partial charge in [-0.3, -0.25) is 4.79 Å². The average molecular weight is 325 g/mol. The Hall–Kier alpha value is -1.20. The standard InChI is InChI=1S/C13H13BrN2OS/c1-9(13-15-6-7-18-13)8-16-12(17)10-4-2-3-5-11(10)14/h2-7,9H,8H2,1H3,(H,16,17). The second-order valence-corrected chi connectivity index (χ2v) is 5.74. The predicted molar refractivity (Wildman–Crippen MR) is 77.0 cm³/mol. The van der Waals surface area contributed by atoms with Gasteiger partial charge in [-0.1, -0.05) is 19.1 Å². The number of aromatic nitrogens is 1. The molecule has 3 nitrogen and oxygen atoms in total. The van der Waals surface area contributed by atoms with Crippen LogP contribution >= 0.6 is 27.3 Å². The van der Waals surface area contributed by atoms with Gasteiger partial charge in [-0.25, -0.2) is 4.98 Å². The number of hydrogen-bond donors (Lipinski definition) is 1. The van der Waals surface area contributed by atoms with Gasteiger partial charge < -0.3 is 5.32 Å². The van der Waals surface area contributed by atoms with Crippen LogP contribution < -0.4 is 5.32 Å². The molecule has 0 saturated carbocycles. The van der Waals surface area contributed by atoms with E-state index in [1.54, 1.807) is 23.6 Å². The number of hydrogen-bond acceptors (Lipinski definition) is 3. The van der Waals surface area contributed by atoms with Crippen molar-refractivity contribution < 1.29 is 4.79 Å². The Morgan fingerprint density at radius 3 is 2.94 bits per heavy atom. The molecule has 0 aliphatic heterocycles. The lowest BCUT2D eigenvalue weighted by Crippen LogP contribution is -2.27. The van der Waals surface area contributed by atoms with Gasteiger partial charge in [0.2, 0.25) is 0 Å². The van der Waals surface area contributed by atoms with E-state index in [9.17, 15) is 4.79 Å². The molecule has 2 aromatic rings. The van der Waals surface area contributed by atoms with Gasteiger partial charge in [0.15, 0.2) is 0 Å². The molecule has 5 heteroatoms. The summed E-state index contributed by atoms with van der Waals surface area (Å²) < 4.78 is 0.810. The molecule has 1 amide bonds. The molecule has 0 radical (unpaired) electrons. The lowest BCUT2D eigenvalue weighted by Gasteiger charge is -2.10. The number of nitrogens with one attached hydrogen (secondary N) is 1. The van der Waals surface area contributed by atoms with E-state index in [2.05, 4.69) is 33.2 Å². The number of benzene rings is 1. The van der Waals surface area contributed by atoms with Gasteiger partial charge in [0.1, 0.15) is 0 Å². The molecule has 1 heterocycles. The number of thiazole rings is 1. The van der Waals surface area contributed by atoms with Crippen LogP contribution in [0.2, 0.25) is 0 Å². The fraction of sp³-hybridized carbons (Fsp3) is 0.231. The zero-order valence-corrected chi connectivity index (χ0v) is 12.3.